The normalized spacial score (nSPS) is 12.6. The second-order valence-electron chi connectivity index (χ2n) is 16.1. The molecule has 0 bridgehead atoms. The summed E-state index contributed by atoms with van der Waals surface area (Å²) in [6.07, 6.45) is 1.86. The molecule has 0 heterocycles. The van der Waals surface area contributed by atoms with Gasteiger partial charge in [0.1, 0.15) is 11.5 Å². The van der Waals surface area contributed by atoms with E-state index in [1.807, 2.05) is 6.08 Å². The van der Waals surface area contributed by atoms with Gasteiger partial charge in [-0.15, -0.1) is 0 Å². The lowest BCUT2D eigenvalue weighted by Crippen LogP contribution is -2.21. The Morgan fingerprint density at radius 3 is 1.18 bits per heavy atom. The van der Waals surface area contributed by atoms with Crippen LogP contribution in [0.15, 0.2) is 47.4 Å². The number of carbonyl (C=O) groups is 2. The van der Waals surface area contributed by atoms with Gasteiger partial charge in [0.2, 0.25) is 0 Å². The van der Waals surface area contributed by atoms with Gasteiger partial charge in [-0.3, -0.25) is 9.59 Å². The van der Waals surface area contributed by atoms with E-state index in [-0.39, 0.29) is 33.6 Å². The highest BCUT2D eigenvalue weighted by Crippen LogP contribution is 2.47. The van der Waals surface area contributed by atoms with Gasteiger partial charge in [0, 0.05) is 40.6 Å². The maximum atomic E-state index is 12.3. The zero-order chi connectivity index (χ0) is 34.4. The zero-order valence-corrected chi connectivity index (χ0v) is 31.3. The summed E-state index contributed by atoms with van der Waals surface area (Å²) in [5.41, 5.74) is 7.76. The molecular formula is C40H51BrO4. The molecule has 3 rings (SSSR count). The third-order valence-electron chi connectivity index (χ3n) is 7.87. The highest BCUT2D eigenvalue weighted by molar-refractivity contribution is 9.10. The van der Waals surface area contributed by atoms with Crippen molar-refractivity contribution in [1.82, 2.24) is 0 Å². The Bertz CT molecular complexity index is 1580. The summed E-state index contributed by atoms with van der Waals surface area (Å²) in [6, 6.07) is 12.9. The van der Waals surface area contributed by atoms with E-state index in [9.17, 15) is 9.59 Å². The quantitative estimate of drug-likeness (QED) is 0.200. The van der Waals surface area contributed by atoms with Crippen molar-refractivity contribution >= 4 is 33.9 Å². The van der Waals surface area contributed by atoms with Crippen molar-refractivity contribution < 1.29 is 19.1 Å². The number of hydrogen-bond donors (Lipinski definition) is 0. The minimum absolute atomic E-state index is 0.282. The number of hydrogen-bond acceptors (Lipinski definition) is 4. The van der Waals surface area contributed by atoms with Crippen LogP contribution in [0.4, 0.5) is 0 Å². The Kier molecular flexibility index (Phi) is 10.1. The summed E-state index contributed by atoms with van der Waals surface area (Å²) in [7, 11) is 0. The molecule has 45 heavy (non-hydrogen) atoms. The largest absolute Gasteiger partial charge is 0.426 e. The first-order chi connectivity index (χ1) is 20.4. The molecule has 3 aromatic carbocycles. The molecule has 0 aliphatic rings. The topological polar surface area (TPSA) is 52.6 Å². The average molecular weight is 676 g/mol. The predicted molar refractivity (Wildman–Crippen MR) is 193 cm³/mol. The second-order valence-corrected chi connectivity index (χ2v) is 16.9. The molecule has 3 aromatic rings. The van der Waals surface area contributed by atoms with Crippen molar-refractivity contribution in [3.05, 3.63) is 75.3 Å². The number of ether oxygens (including phenoxy) is 2. The average Bonchev–Trinajstić information content (AvgIpc) is 2.85. The highest BCUT2D eigenvalue weighted by atomic mass is 79.9. The van der Waals surface area contributed by atoms with Crippen LogP contribution in [0.3, 0.4) is 0 Å². The molecule has 0 aliphatic carbocycles. The minimum Gasteiger partial charge on any atom is -0.426 e. The molecule has 0 fully saturated rings. The van der Waals surface area contributed by atoms with Crippen molar-refractivity contribution in [1.29, 1.82) is 0 Å². The molecule has 5 heteroatoms. The monoisotopic (exact) mass is 674 g/mol. The van der Waals surface area contributed by atoms with Gasteiger partial charge < -0.3 is 9.47 Å². The molecule has 0 saturated heterocycles. The summed E-state index contributed by atoms with van der Waals surface area (Å²) < 4.78 is 12.8. The van der Waals surface area contributed by atoms with Crippen LogP contribution >= 0.6 is 15.9 Å². The van der Waals surface area contributed by atoms with Gasteiger partial charge in [-0.2, -0.15) is 0 Å². The van der Waals surface area contributed by atoms with E-state index in [1.165, 1.54) is 13.8 Å². The Morgan fingerprint density at radius 1 is 0.578 bits per heavy atom. The lowest BCUT2D eigenvalue weighted by atomic mass is 9.76. The fraction of sp³-hybridized carbons (Fsp3) is 0.450. The van der Waals surface area contributed by atoms with Gasteiger partial charge in [-0.1, -0.05) is 95.7 Å². The number of carbonyl (C=O) groups excluding carboxylic acids is 2. The first kappa shape index (κ1) is 36.3. The maximum Gasteiger partial charge on any atom is 0.308 e. The summed E-state index contributed by atoms with van der Waals surface area (Å²) in [5.74, 6) is 0.601. The van der Waals surface area contributed by atoms with E-state index in [4.69, 9.17) is 9.47 Å². The molecule has 0 spiro atoms. The van der Waals surface area contributed by atoms with E-state index in [2.05, 4.69) is 142 Å². The highest BCUT2D eigenvalue weighted by Gasteiger charge is 2.31. The van der Waals surface area contributed by atoms with E-state index in [0.717, 1.165) is 54.5 Å². The molecule has 242 valence electrons. The van der Waals surface area contributed by atoms with E-state index < -0.39 is 0 Å². The summed E-state index contributed by atoms with van der Waals surface area (Å²) >= 11 is 3.91. The maximum absolute atomic E-state index is 12.3. The SMILES string of the molecule is C=Cc1cc(-c2cc(C(C)(C)C)c(OC(C)=O)c(C(C)(C)C)c2)cc(-c2cc(C(C)(C)C)c(OC(C)=O)c(C(C)(C)C)c2)c1Br. The molecule has 0 radical (unpaired) electrons. The predicted octanol–water partition coefficient (Wildman–Crippen LogP) is 11.5. The van der Waals surface area contributed by atoms with Gasteiger partial charge in [-0.25, -0.2) is 0 Å². The van der Waals surface area contributed by atoms with Gasteiger partial charge in [0.15, 0.2) is 0 Å². The van der Waals surface area contributed by atoms with Gasteiger partial charge >= 0.3 is 11.9 Å². The molecule has 0 atom stereocenters. The molecule has 0 amide bonds. The van der Waals surface area contributed by atoms with Crippen LogP contribution in [0.2, 0.25) is 0 Å². The number of benzene rings is 3. The molecular weight excluding hydrogens is 624 g/mol. The number of rotatable bonds is 5. The Balaban J connectivity index is 2.51. The van der Waals surface area contributed by atoms with Crippen LogP contribution in [-0.4, -0.2) is 11.9 Å². The first-order valence-electron chi connectivity index (χ1n) is 15.6. The van der Waals surface area contributed by atoms with Gasteiger partial charge in [0.05, 0.1) is 0 Å². The summed E-state index contributed by atoms with van der Waals surface area (Å²) in [5, 5.41) is 0. The van der Waals surface area contributed by atoms with E-state index in [1.54, 1.807) is 0 Å². The standard InChI is InChI=1S/C40H51BrO4/c1-16-25-17-26(27-19-30(37(4,5)6)35(44-23(2)42)31(20-27)38(7,8)9)18-29(34(25)41)28-21-32(39(10,11)12)36(45-24(3)43)33(22-28)40(13,14)15/h16-22H,1H2,2-15H3. The van der Waals surface area contributed by atoms with Crippen LogP contribution in [0.1, 0.15) is 125 Å². The number of halogens is 1. The smallest absolute Gasteiger partial charge is 0.308 e. The van der Waals surface area contributed by atoms with Crippen LogP contribution in [0.5, 0.6) is 11.5 Å². The third kappa shape index (κ3) is 8.16. The molecule has 0 saturated carbocycles. The van der Waals surface area contributed by atoms with Crippen molar-refractivity contribution in [2.45, 2.75) is 119 Å². The van der Waals surface area contributed by atoms with Crippen molar-refractivity contribution in [3.63, 3.8) is 0 Å². The van der Waals surface area contributed by atoms with Crippen molar-refractivity contribution in [2.75, 3.05) is 0 Å². The van der Waals surface area contributed by atoms with Crippen molar-refractivity contribution in [2.24, 2.45) is 0 Å². The Labute approximate surface area is 279 Å². The molecule has 0 aliphatic heterocycles. The second kappa shape index (κ2) is 12.5. The van der Waals surface area contributed by atoms with Gasteiger partial charge in [0.25, 0.3) is 0 Å². The van der Waals surface area contributed by atoms with Crippen LogP contribution in [-0.2, 0) is 31.2 Å². The lowest BCUT2D eigenvalue weighted by molar-refractivity contribution is -0.133. The van der Waals surface area contributed by atoms with Crippen LogP contribution in [0, 0.1) is 0 Å². The van der Waals surface area contributed by atoms with Crippen LogP contribution in [0.25, 0.3) is 28.3 Å². The Morgan fingerprint density at radius 2 is 0.889 bits per heavy atom. The number of esters is 2. The van der Waals surface area contributed by atoms with E-state index in [0.29, 0.717) is 11.5 Å². The summed E-state index contributed by atoms with van der Waals surface area (Å²) in [6.45, 7) is 32.7. The lowest BCUT2D eigenvalue weighted by Gasteiger charge is -2.31. The first-order valence-corrected chi connectivity index (χ1v) is 16.4. The third-order valence-corrected chi connectivity index (χ3v) is 8.75. The Hall–Kier alpha value is -3.18. The van der Waals surface area contributed by atoms with Crippen molar-refractivity contribution in [3.8, 4) is 33.8 Å². The fourth-order valence-electron chi connectivity index (χ4n) is 5.49. The zero-order valence-electron chi connectivity index (χ0n) is 29.8. The van der Waals surface area contributed by atoms with E-state index >= 15 is 0 Å². The molecule has 4 nitrogen and oxygen atoms in total. The van der Waals surface area contributed by atoms with Gasteiger partial charge in [-0.05, 0) is 102 Å². The fourth-order valence-corrected chi connectivity index (χ4v) is 6.11. The minimum atomic E-state index is -0.336. The molecule has 0 aromatic heterocycles. The molecule has 0 N–H and O–H groups in total. The van der Waals surface area contributed by atoms with Crippen LogP contribution < -0.4 is 9.47 Å². The molecule has 0 unspecified atom stereocenters. The summed E-state index contributed by atoms with van der Waals surface area (Å²) in [4.78, 5) is 24.5.